The predicted molar refractivity (Wildman–Crippen MR) is 107 cm³/mol. The van der Waals surface area contributed by atoms with Gasteiger partial charge in [-0.3, -0.25) is 4.79 Å². The summed E-state index contributed by atoms with van der Waals surface area (Å²) in [6, 6.07) is 10.4. The number of fused-ring (bicyclic) bond motifs is 3. The van der Waals surface area contributed by atoms with Gasteiger partial charge in [0.15, 0.2) is 5.69 Å². The maximum atomic E-state index is 13.5. The zero-order valence-electron chi connectivity index (χ0n) is 15.8. The van der Waals surface area contributed by atoms with E-state index in [0.717, 1.165) is 30.3 Å². The Morgan fingerprint density at radius 3 is 2.82 bits per heavy atom. The van der Waals surface area contributed by atoms with Gasteiger partial charge < -0.3 is 14.9 Å². The Balaban J connectivity index is 1.70. The Bertz CT molecular complexity index is 1150. The van der Waals surface area contributed by atoms with Crippen molar-refractivity contribution in [3.63, 3.8) is 0 Å². The lowest BCUT2D eigenvalue weighted by Gasteiger charge is -2.44. The highest BCUT2D eigenvalue weighted by atomic mass is 16.1. The van der Waals surface area contributed by atoms with Crippen LogP contribution in [0.4, 0.5) is 0 Å². The van der Waals surface area contributed by atoms with Gasteiger partial charge in [-0.05, 0) is 49.8 Å². The summed E-state index contributed by atoms with van der Waals surface area (Å²) in [4.78, 5) is 36.1. The van der Waals surface area contributed by atoms with Crippen molar-refractivity contribution in [2.45, 2.75) is 50.7 Å². The van der Waals surface area contributed by atoms with Crippen LogP contribution in [-0.4, -0.2) is 31.6 Å². The molecule has 2 N–H and O–H groups in total. The van der Waals surface area contributed by atoms with Crippen molar-refractivity contribution in [1.82, 2.24) is 24.8 Å². The Hall–Kier alpha value is -2.80. The summed E-state index contributed by atoms with van der Waals surface area (Å²) < 4.78 is 1.91. The predicted octanol–water partition coefficient (Wildman–Crippen LogP) is 2.24. The molecule has 7 nitrogen and oxygen atoms in total. The molecule has 4 atom stereocenters. The molecule has 0 spiro atoms. The summed E-state index contributed by atoms with van der Waals surface area (Å²) in [7, 11) is 0. The molecular formula is C21H23N5O2. The molecule has 1 aromatic carbocycles. The van der Waals surface area contributed by atoms with Gasteiger partial charge in [0.25, 0.3) is 5.56 Å². The van der Waals surface area contributed by atoms with Gasteiger partial charge in [0.1, 0.15) is 0 Å². The second kappa shape index (κ2) is 6.67. The van der Waals surface area contributed by atoms with Gasteiger partial charge in [-0.1, -0.05) is 19.1 Å². The molecule has 2 aromatic heterocycles. The highest BCUT2D eigenvalue weighted by Gasteiger charge is 2.36. The average molecular weight is 377 g/mol. The summed E-state index contributed by atoms with van der Waals surface area (Å²) in [6.07, 6.45) is 5.66. The molecule has 28 heavy (non-hydrogen) atoms. The molecule has 7 heteroatoms. The number of hydrogen-bond donors (Lipinski definition) is 2. The first-order chi connectivity index (χ1) is 13.6. The number of benzene rings is 1. The van der Waals surface area contributed by atoms with Crippen LogP contribution in [0.25, 0.3) is 22.4 Å². The second-order valence-electron chi connectivity index (χ2n) is 8.06. The lowest BCUT2D eigenvalue weighted by molar-refractivity contribution is 0.144. The van der Waals surface area contributed by atoms with Crippen LogP contribution in [0.15, 0.2) is 46.1 Å². The molecule has 2 aliphatic rings. The van der Waals surface area contributed by atoms with Crippen molar-refractivity contribution in [1.29, 1.82) is 0 Å². The molecule has 2 bridgehead atoms. The van der Waals surface area contributed by atoms with Crippen LogP contribution in [0.5, 0.6) is 0 Å². The summed E-state index contributed by atoms with van der Waals surface area (Å²) in [5.41, 5.74) is 1.65. The molecule has 0 amide bonds. The number of para-hydroxylation sites is 2. The molecule has 0 radical (unpaired) electrons. The highest BCUT2D eigenvalue weighted by Crippen LogP contribution is 2.36. The minimum atomic E-state index is -0.483. The van der Waals surface area contributed by atoms with E-state index in [0.29, 0.717) is 23.7 Å². The van der Waals surface area contributed by atoms with Crippen molar-refractivity contribution < 1.29 is 0 Å². The van der Waals surface area contributed by atoms with E-state index < -0.39 is 5.69 Å². The van der Waals surface area contributed by atoms with Crippen molar-refractivity contribution in [3.8, 4) is 11.4 Å². The summed E-state index contributed by atoms with van der Waals surface area (Å²) in [5, 5.41) is 3.74. The maximum absolute atomic E-state index is 13.5. The molecule has 2 aliphatic heterocycles. The van der Waals surface area contributed by atoms with E-state index in [4.69, 9.17) is 0 Å². The number of rotatable bonds is 2. The summed E-state index contributed by atoms with van der Waals surface area (Å²) in [6.45, 7) is 2.29. The minimum absolute atomic E-state index is 0.117. The Morgan fingerprint density at radius 1 is 1.11 bits per heavy atom. The Kier molecular flexibility index (Phi) is 4.12. The van der Waals surface area contributed by atoms with Crippen molar-refractivity contribution in [2.75, 3.05) is 0 Å². The Morgan fingerprint density at radius 2 is 1.96 bits per heavy atom. The van der Waals surface area contributed by atoms with Crippen LogP contribution in [0.1, 0.15) is 38.6 Å². The van der Waals surface area contributed by atoms with Gasteiger partial charge in [0.2, 0.25) is 0 Å². The first-order valence-corrected chi connectivity index (χ1v) is 9.93. The monoisotopic (exact) mass is 377 g/mol. The van der Waals surface area contributed by atoms with Crippen molar-refractivity contribution in [2.24, 2.45) is 5.92 Å². The second-order valence-corrected chi connectivity index (χ2v) is 8.06. The van der Waals surface area contributed by atoms with E-state index in [1.807, 2.05) is 28.8 Å². The number of nitrogens with one attached hydrogen (secondary N) is 2. The number of aromatic nitrogens is 4. The van der Waals surface area contributed by atoms with E-state index in [2.05, 4.69) is 27.2 Å². The van der Waals surface area contributed by atoms with E-state index >= 15 is 0 Å². The summed E-state index contributed by atoms with van der Waals surface area (Å²) >= 11 is 0. The number of H-pyrrole nitrogens is 1. The van der Waals surface area contributed by atoms with Gasteiger partial charge >= 0.3 is 5.69 Å². The molecule has 144 valence electrons. The van der Waals surface area contributed by atoms with Gasteiger partial charge in [-0.25, -0.2) is 14.8 Å². The quantitative estimate of drug-likeness (QED) is 0.714. The lowest BCUT2D eigenvalue weighted by Crippen LogP contribution is -2.53. The van der Waals surface area contributed by atoms with Crippen LogP contribution in [-0.2, 0) is 0 Å². The third-order valence-corrected chi connectivity index (χ3v) is 6.28. The normalized spacial score (nSPS) is 27.0. The molecular weight excluding hydrogens is 354 g/mol. The zero-order chi connectivity index (χ0) is 19.3. The highest BCUT2D eigenvalue weighted by molar-refractivity contribution is 5.77. The SMILES string of the molecule is CC1CCC2CC(n3c(=O)c(-c4ccnc(=O)[nH]4)nc4ccccc43)CC1N2. The third-order valence-electron chi connectivity index (χ3n) is 6.28. The molecule has 4 heterocycles. The topological polar surface area (TPSA) is 92.7 Å². The number of piperidine rings is 2. The van der Waals surface area contributed by atoms with E-state index in [-0.39, 0.29) is 17.3 Å². The molecule has 0 aliphatic carbocycles. The third kappa shape index (κ3) is 2.86. The Labute approximate surface area is 161 Å². The lowest BCUT2D eigenvalue weighted by atomic mass is 9.78. The molecule has 2 fully saturated rings. The van der Waals surface area contributed by atoms with Crippen molar-refractivity contribution in [3.05, 3.63) is 57.4 Å². The maximum Gasteiger partial charge on any atom is 0.345 e. The average Bonchev–Trinajstić information content (AvgIpc) is 2.70. The van der Waals surface area contributed by atoms with Crippen LogP contribution >= 0.6 is 0 Å². The molecule has 5 rings (SSSR count). The van der Waals surface area contributed by atoms with Gasteiger partial charge in [0, 0.05) is 24.3 Å². The van der Waals surface area contributed by atoms with E-state index in [1.54, 1.807) is 6.07 Å². The van der Waals surface area contributed by atoms with Crippen LogP contribution in [0, 0.1) is 5.92 Å². The molecule has 3 aromatic rings. The molecule has 2 saturated heterocycles. The number of hydrogen-bond acceptors (Lipinski definition) is 5. The van der Waals surface area contributed by atoms with Crippen LogP contribution < -0.4 is 16.6 Å². The summed E-state index contributed by atoms with van der Waals surface area (Å²) in [5.74, 6) is 0.610. The van der Waals surface area contributed by atoms with Crippen LogP contribution in [0.2, 0.25) is 0 Å². The number of nitrogens with zero attached hydrogens (tertiary/aromatic N) is 3. The largest absolute Gasteiger partial charge is 0.345 e. The fraction of sp³-hybridized carbons (Fsp3) is 0.429. The van der Waals surface area contributed by atoms with E-state index in [1.165, 1.54) is 12.6 Å². The molecule has 4 unspecified atom stereocenters. The fourth-order valence-electron chi connectivity index (χ4n) is 4.83. The molecule has 0 saturated carbocycles. The zero-order valence-corrected chi connectivity index (χ0v) is 15.8. The first-order valence-electron chi connectivity index (χ1n) is 9.93. The van der Waals surface area contributed by atoms with Gasteiger partial charge in [-0.15, -0.1) is 0 Å². The van der Waals surface area contributed by atoms with Crippen LogP contribution in [0.3, 0.4) is 0 Å². The number of aromatic amines is 1. The van der Waals surface area contributed by atoms with Gasteiger partial charge in [-0.2, -0.15) is 0 Å². The van der Waals surface area contributed by atoms with Crippen molar-refractivity contribution >= 4 is 11.0 Å². The van der Waals surface area contributed by atoms with E-state index in [9.17, 15) is 9.59 Å². The first kappa shape index (κ1) is 17.3. The smallest absolute Gasteiger partial charge is 0.311 e. The fourth-order valence-corrected chi connectivity index (χ4v) is 4.83. The minimum Gasteiger partial charge on any atom is -0.311 e. The van der Waals surface area contributed by atoms with Gasteiger partial charge in [0.05, 0.1) is 16.7 Å². The standard InChI is InChI=1S/C21H23N5O2/c1-12-6-7-13-10-14(11-17(12)23-13)26-18-5-3-2-4-15(18)24-19(20(26)27)16-8-9-22-21(28)25-16/h2-5,8-9,12-14,17,23H,6-7,10-11H2,1H3,(H,22,25,28).